The Kier molecular flexibility index (Phi) is 5.84. The first-order chi connectivity index (χ1) is 13.1. The van der Waals surface area contributed by atoms with Crippen molar-refractivity contribution in [1.29, 1.82) is 0 Å². The Labute approximate surface area is 157 Å². The fraction of sp³-hybridized carbons (Fsp3) is 0.0909. The molecule has 0 heterocycles. The Morgan fingerprint density at radius 2 is 1.04 bits per heavy atom. The number of ether oxygens (including phenoxy) is 2. The van der Waals surface area contributed by atoms with E-state index in [2.05, 4.69) is 0 Å². The van der Waals surface area contributed by atoms with E-state index in [4.69, 9.17) is 15.2 Å². The van der Waals surface area contributed by atoms with Gasteiger partial charge in [-0.25, -0.2) is 9.59 Å². The highest BCUT2D eigenvalue weighted by molar-refractivity contribution is 6.03. The predicted octanol–water partition coefficient (Wildman–Crippen LogP) is 3.98. The normalized spacial score (nSPS) is 10.2. The summed E-state index contributed by atoms with van der Waals surface area (Å²) >= 11 is 0. The third-order valence-corrected chi connectivity index (χ3v) is 3.97. The third kappa shape index (κ3) is 4.73. The molecule has 5 nitrogen and oxygen atoms in total. The lowest BCUT2D eigenvalue weighted by Crippen LogP contribution is -2.14. The second kappa shape index (κ2) is 8.67. The molecular weight excluding hydrogens is 342 g/mol. The van der Waals surface area contributed by atoms with E-state index in [0.717, 1.165) is 11.1 Å². The lowest BCUT2D eigenvalue weighted by atomic mass is 10.1. The van der Waals surface area contributed by atoms with Crippen LogP contribution >= 0.6 is 0 Å². The Morgan fingerprint density at radius 1 is 0.630 bits per heavy atom. The highest BCUT2D eigenvalue weighted by Crippen LogP contribution is 2.20. The van der Waals surface area contributed by atoms with Crippen molar-refractivity contribution < 1.29 is 19.1 Å². The van der Waals surface area contributed by atoms with E-state index in [9.17, 15) is 9.59 Å². The topological polar surface area (TPSA) is 78.6 Å². The Bertz CT molecular complexity index is 850. The van der Waals surface area contributed by atoms with Gasteiger partial charge in [0.25, 0.3) is 0 Å². The second-order valence-electron chi connectivity index (χ2n) is 5.89. The molecule has 0 aliphatic heterocycles. The van der Waals surface area contributed by atoms with Crippen LogP contribution in [0.1, 0.15) is 31.8 Å². The minimum Gasteiger partial charge on any atom is -0.457 e. The fourth-order valence-corrected chi connectivity index (χ4v) is 2.52. The number of hydrogen-bond acceptors (Lipinski definition) is 5. The van der Waals surface area contributed by atoms with E-state index in [1.807, 2.05) is 60.7 Å². The first kappa shape index (κ1) is 18.2. The maximum atomic E-state index is 12.3. The SMILES string of the molecule is Nc1c(C(=O)OCc2ccccc2)cccc1C(=O)OCc1ccccc1. The predicted molar refractivity (Wildman–Crippen MR) is 102 cm³/mol. The van der Waals surface area contributed by atoms with Crippen LogP contribution in [-0.2, 0) is 22.7 Å². The molecule has 0 saturated carbocycles. The van der Waals surface area contributed by atoms with Crippen LogP contribution in [0.2, 0.25) is 0 Å². The summed E-state index contributed by atoms with van der Waals surface area (Å²) in [7, 11) is 0. The maximum Gasteiger partial charge on any atom is 0.340 e. The van der Waals surface area contributed by atoms with Crippen molar-refractivity contribution in [3.05, 3.63) is 101 Å². The molecule has 0 radical (unpaired) electrons. The highest BCUT2D eigenvalue weighted by Gasteiger charge is 2.19. The van der Waals surface area contributed by atoms with Crippen molar-refractivity contribution in [2.45, 2.75) is 13.2 Å². The van der Waals surface area contributed by atoms with E-state index in [1.54, 1.807) is 6.07 Å². The average Bonchev–Trinajstić information content (AvgIpc) is 2.72. The minimum atomic E-state index is -0.589. The van der Waals surface area contributed by atoms with E-state index >= 15 is 0 Å². The van der Waals surface area contributed by atoms with E-state index in [1.165, 1.54) is 12.1 Å². The molecule has 0 aliphatic carbocycles. The van der Waals surface area contributed by atoms with Crippen molar-refractivity contribution in [1.82, 2.24) is 0 Å². The van der Waals surface area contributed by atoms with Crippen LogP contribution in [0.5, 0.6) is 0 Å². The smallest absolute Gasteiger partial charge is 0.340 e. The molecule has 27 heavy (non-hydrogen) atoms. The number of para-hydroxylation sites is 1. The zero-order chi connectivity index (χ0) is 19.1. The standard InChI is InChI=1S/C22H19NO4/c23-20-18(21(24)26-14-16-8-3-1-4-9-16)12-7-13-19(20)22(25)27-15-17-10-5-2-6-11-17/h1-13H,14-15,23H2. The molecule has 3 aromatic carbocycles. The monoisotopic (exact) mass is 361 g/mol. The molecule has 0 amide bonds. The van der Waals surface area contributed by atoms with Crippen molar-refractivity contribution in [2.24, 2.45) is 0 Å². The van der Waals surface area contributed by atoms with Gasteiger partial charge < -0.3 is 15.2 Å². The molecule has 0 unspecified atom stereocenters. The van der Waals surface area contributed by atoms with Gasteiger partial charge in [-0.05, 0) is 23.3 Å². The third-order valence-electron chi connectivity index (χ3n) is 3.97. The van der Waals surface area contributed by atoms with Crippen LogP contribution < -0.4 is 5.73 Å². The molecule has 136 valence electrons. The van der Waals surface area contributed by atoms with Crippen LogP contribution in [0.4, 0.5) is 5.69 Å². The van der Waals surface area contributed by atoms with Crippen LogP contribution in [0.3, 0.4) is 0 Å². The fourth-order valence-electron chi connectivity index (χ4n) is 2.52. The first-order valence-electron chi connectivity index (χ1n) is 8.46. The van der Waals surface area contributed by atoms with Gasteiger partial charge in [0.1, 0.15) is 13.2 Å². The molecule has 0 aliphatic rings. The number of anilines is 1. The highest BCUT2D eigenvalue weighted by atomic mass is 16.5. The van der Waals surface area contributed by atoms with Gasteiger partial charge in [0.15, 0.2) is 0 Å². The summed E-state index contributed by atoms with van der Waals surface area (Å²) in [5.41, 5.74) is 8.08. The number of carbonyl (C=O) groups is 2. The van der Waals surface area contributed by atoms with Gasteiger partial charge in [0.05, 0.1) is 16.8 Å². The zero-order valence-corrected chi connectivity index (χ0v) is 14.6. The first-order valence-corrected chi connectivity index (χ1v) is 8.46. The summed E-state index contributed by atoms with van der Waals surface area (Å²) < 4.78 is 10.6. The largest absolute Gasteiger partial charge is 0.457 e. The molecule has 0 saturated heterocycles. The van der Waals surface area contributed by atoms with Gasteiger partial charge in [-0.15, -0.1) is 0 Å². The molecule has 0 atom stereocenters. The molecule has 3 aromatic rings. The van der Waals surface area contributed by atoms with Gasteiger partial charge in [0, 0.05) is 0 Å². The van der Waals surface area contributed by atoms with Gasteiger partial charge in [-0.3, -0.25) is 0 Å². The summed E-state index contributed by atoms with van der Waals surface area (Å²) in [4.78, 5) is 24.7. The van der Waals surface area contributed by atoms with Crippen LogP contribution in [-0.4, -0.2) is 11.9 Å². The minimum absolute atomic E-state index is 0.0497. The lowest BCUT2D eigenvalue weighted by Gasteiger charge is -2.11. The van der Waals surface area contributed by atoms with E-state index in [0.29, 0.717) is 0 Å². The number of benzene rings is 3. The van der Waals surface area contributed by atoms with Crippen molar-refractivity contribution in [3.8, 4) is 0 Å². The van der Waals surface area contributed by atoms with E-state index < -0.39 is 11.9 Å². The zero-order valence-electron chi connectivity index (χ0n) is 14.6. The molecule has 0 fully saturated rings. The second-order valence-corrected chi connectivity index (χ2v) is 5.89. The Morgan fingerprint density at radius 3 is 1.44 bits per heavy atom. The lowest BCUT2D eigenvalue weighted by molar-refractivity contribution is 0.0473. The molecular formula is C22H19NO4. The summed E-state index contributed by atoms with van der Waals surface area (Å²) in [6, 6.07) is 23.3. The number of nitrogens with two attached hydrogens (primary N) is 1. The number of nitrogen functional groups attached to an aromatic ring is 1. The van der Waals surface area contributed by atoms with Crippen LogP contribution in [0, 0.1) is 0 Å². The molecule has 0 spiro atoms. The summed E-state index contributed by atoms with van der Waals surface area (Å²) in [5.74, 6) is -1.18. The van der Waals surface area contributed by atoms with Gasteiger partial charge in [-0.2, -0.15) is 0 Å². The number of esters is 2. The van der Waals surface area contributed by atoms with Crippen molar-refractivity contribution in [3.63, 3.8) is 0 Å². The Balaban J connectivity index is 1.67. The van der Waals surface area contributed by atoms with Crippen molar-refractivity contribution in [2.75, 3.05) is 5.73 Å². The maximum absolute atomic E-state index is 12.3. The van der Waals surface area contributed by atoms with Gasteiger partial charge in [-0.1, -0.05) is 66.7 Å². The Hall–Kier alpha value is -3.60. The van der Waals surface area contributed by atoms with Crippen LogP contribution in [0.25, 0.3) is 0 Å². The molecule has 0 aromatic heterocycles. The molecule has 3 rings (SSSR count). The summed E-state index contributed by atoms with van der Waals surface area (Å²) in [6.07, 6.45) is 0. The quantitative estimate of drug-likeness (QED) is 0.531. The number of carbonyl (C=O) groups excluding carboxylic acids is 2. The molecule has 2 N–H and O–H groups in total. The average molecular weight is 361 g/mol. The summed E-state index contributed by atoms with van der Waals surface area (Å²) in [5, 5.41) is 0. The van der Waals surface area contributed by atoms with Crippen LogP contribution in [0.15, 0.2) is 78.9 Å². The summed E-state index contributed by atoms with van der Waals surface area (Å²) in [6.45, 7) is 0.254. The van der Waals surface area contributed by atoms with Gasteiger partial charge >= 0.3 is 11.9 Å². The number of rotatable bonds is 6. The molecule has 5 heteroatoms. The van der Waals surface area contributed by atoms with Gasteiger partial charge in [0.2, 0.25) is 0 Å². The number of hydrogen-bond donors (Lipinski definition) is 1. The van der Waals surface area contributed by atoms with Crippen molar-refractivity contribution >= 4 is 17.6 Å². The van der Waals surface area contributed by atoms with E-state index in [-0.39, 0.29) is 30.0 Å². The molecule has 0 bridgehead atoms.